The van der Waals surface area contributed by atoms with Crippen molar-refractivity contribution in [3.63, 3.8) is 0 Å². The molecule has 118 valence electrons. The molecular formula is C16H21N3O3. The fraction of sp³-hybridized carbons (Fsp3) is 0.625. The molecule has 3 aliphatic rings. The van der Waals surface area contributed by atoms with Crippen LogP contribution >= 0.6 is 0 Å². The summed E-state index contributed by atoms with van der Waals surface area (Å²) in [7, 11) is 0. The van der Waals surface area contributed by atoms with E-state index in [9.17, 15) is 9.59 Å². The zero-order valence-corrected chi connectivity index (χ0v) is 12.6. The standard InChI is InChI=1S/C16H21N3O3/c20-15-3-1-2-14-13-8-12(10-19(14)15)9-18(11-13)16(21)17-4-6-22-7-5-17/h1-3,12-13H,4-11H2/t12?,13-/m0/s1. The van der Waals surface area contributed by atoms with Crippen molar-refractivity contribution in [3.8, 4) is 0 Å². The summed E-state index contributed by atoms with van der Waals surface area (Å²) < 4.78 is 7.22. The molecule has 0 spiro atoms. The fourth-order valence-electron chi connectivity index (χ4n) is 4.01. The highest BCUT2D eigenvalue weighted by molar-refractivity contribution is 5.74. The molecule has 3 aliphatic heterocycles. The molecule has 6 heteroatoms. The molecule has 1 aromatic rings. The van der Waals surface area contributed by atoms with E-state index in [0.29, 0.717) is 32.2 Å². The van der Waals surface area contributed by atoms with E-state index in [1.807, 2.05) is 26.5 Å². The van der Waals surface area contributed by atoms with E-state index in [-0.39, 0.29) is 17.5 Å². The molecular weight excluding hydrogens is 282 g/mol. The smallest absolute Gasteiger partial charge is 0.320 e. The quantitative estimate of drug-likeness (QED) is 0.709. The lowest BCUT2D eigenvalue weighted by Crippen LogP contribution is -2.54. The normalized spacial score (nSPS) is 27.5. The van der Waals surface area contributed by atoms with Gasteiger partial charge in [0.1, 0.15) is 0 Å². The van der Waals surface area contributed by atoms with Crippen molar-refractivity contribution >= 4 is 6.03 Å². The summed E-state index contributed by atoms with van der Waals surface area (Å²) in [5.74, 6) is 0.669. The summed E-state index contributed by atoms with van der Waals surface area (Å²) in [4.78, 5) is 28.6. The lowest BCUT2D eigenvalue weighted by atomic mass is 9.83. The van der Waals surface area contributed by atoms with Gasteiger partial charge in [-0.25, -0.2) is 4.79 Å². The molecule has 4 heterocycles. The van der Waals surface area contributed by atoms with Crippen LogP contribution in [0.2, 0.25) is 0 Å². The summed E-state index contributed by atoms with van der Waals surface area (Å²) in [6.07, 6.45) is 1.08. The molecule has 4 rings (SSSR count). The van der Waals surface area contributed by atoms with Crippen LogP contribution in [-0.2, 0) is 11.3 Å². The zero-order chi connectivity index (χ0) is 15.1. The molecule has 2 atom stereocenters. The first-order chi connectivity index (χ1) is 10.7. The summed E-state index contributed by atoms with van der Waals surface area (Å²) in [5, 5.41) is 0. The number of piperidine rings is 1. The summed E-state index contributed by atoms with van der Waals surface area (Å²) >= 11 is 0. The lowest BCUT2D eigenvalue weighted by Gasteiger charge is -2.44. The van der Waals surface area contributed by atoms with Gasteiger partial charge in [-0.15, -0.1) is 0 Å². The van der Waals surface area contributed by atoms with Crippen molar-refractivity contribution in [1.82, 2.24) is 14.4 Å². The zero-order valence-electron chi connectivity index (χ0n) is 12.6. The fourth-order valence-corrected chi connectivity index (χ4v) is 4.01. The summed E-state index contributed by atoms with van der Waals surface area (Å²) in [5.41, 5.74) is 1.17. The van der Waals surface area contributed by atoms with Crippen molar-refractivity contribution in [2.24, 2.45) is 5.92 Å². The van der Waals surface area contributed by atoms with Gasteiger partial charge in [0.25, 0.3) is 5.56 Å². The number of pyridine rings is 1. The number of hydrogen-bond acceptors (Lipinski definition) is 3. The maximum Gasteiger partial charge on any atom is 0.320 e. The summed E-state index contributed by atoms with van der Waals surface area (Å²) in [6.45, 7) is 4.83. The molecule has 1 aromatic heterocycles. The van der Waals surface area contributed by atoms with E-state index >= 15 is 0 Å². The van der Waals surface area contributed by atoms with E-state index < -0.39 is 0 Å². The molecule has 0 aromatic carbocycles. The van der Waals surface area contributed by atoms with Crippen molar-refractivity contribution in [2.75, 3.05) is 39.4 Å². The number of fused-ring (bicyclic) bond motifs is 4. The first-order valence-corrected chi connectivity index (χ1v) is 8.04. The number of aromatic nitrogens is 1. The van der Waals surface area contributed by atoms with Crippen molar-refractivity contribution in [3.05, 3.63) is 34.2 Å². The van der Waals surface area contributed by atoms with E-state index in [1.165, 1.54) is 0 Å². The number of ether oxygens (including phenoxy) is 1. The highest BCUT2D eigenvalue weighted by Gasteiger charge is 2.37. The van der Waals surface area contributed by atoms with Gasteiger partial charge in [0.2, 0.25) is 0 Å². The Bertz CT molecular complexity index is 636. The Labute approximate surface area is 129 Å². The number of carbonyl (C=O) groups excluding carboxylic acids is 1. The predicted octanol–water partition coefficient (Wildman–Crippen LogP) is 0.720. The van der Waals surface area contributed by atoms with E-state index in [4.69, 9.17) is 4.74 Å². The first kappa shape index (κ1) is 13.8. The van der Waals surface area contributed by atoms with Crippen molar-refractivity contribution < 1.29 is 9.53 Å². The molecule has 2 fully saturated rings. The Kier molecular flexibility index (Phi) is 3.41. The van der Waals surface area contributed by atoms with Crippen LogP contribution in [-0.4, -0.2) is 59.8 Å². The number of urea groups is 1. The van der Waals surface area contributed by atoms with E-state index in [1.54, 1.807) is 6.07 Å². The second kappa shape index (κ2) is 5.43. The third-order valence-electron chi connectivity index (χ3n) is 5.03. The molecule has 1 unspecified atom stereocenters. The summed E-state index contributed by atoms with van der Waals surface area (Å²) in [6, 6.07) is 5.62. The number of hydrogen-bond donors (Lipinski definition) is 0. The topological polar surface area (TPSA) is 54.8 Å². The Balaban J connectivity index is 1.55. The highest BCUT2D eigenvalue weighted by Crippen LogP contribution is 2.35. The Morgan fingerprint density at radius 1 is 1.09 bits per heavy atom. The molecule has 0 aliphatic carbocycles. The van der Waals surface area contributed by atoms with Crippen LogP contribution in [0.25, 0.3) is 0 Å². The molecule has 0 radical (unpaired) electrons. The minimum absolute atomic E-state index is 0.0835. The van der Waals surface area contributed by atoms with Gasteiger partial charge in [-0.1, -0.05) is 6.07 Å². The minimum Gasteiger partial charge on any atom is -0.378 e. The molecule has 22 heavy (non-hydrogen) atoms. The van der Waals surface area contributed by atoms with Crippen LogP contribution in [0.15, 0.2) is 23.0 Å². The number of amides is 2. The van der Waals surface area contributed by atoms with Crippen LogP contribution in [0.4, 0.5) is 4.79 Å². The van der Waals surface area contributed by atoms with Gasteiger partial charge in [-0.3, -0.25) is 4.79 Å². The molecule has 0 saturated carbocycles. The number of carbonyl (C=O) groups is 1. The predicted molar refractivity (Wildman–Crippen MR) is 80.9 cm³/mol. The monoisotopic (exact) mass is 303 g/mol. The Morgan fingerprint density at radius 2 is 1.91 bits per heavy atom. The van der Waals surface area contributed by atoms with Gasteiger partial charge in [0.05, 0.1) is 13.2 Å². The average Bonchev–Trinajstić information content (AvgIpc) is 2.56. The second-order valence-corrected chi connectivity index (χ2v) is 6.49. The SMILES string of the molecule is O=C(N1CCOCC1)N1CC2C[C@@H](C1)c1cccc(=O)n1C2. The van der Waals surface area contributed by atoms with E-state index in [2.05, 4.69) is 0 Å². The Hall–Kier alpha value is -1.82. The van der Waals surface area contributed by atoms with Crippen LogP contribution in [0.5, 0.6) is 0 Å². The number of rotatable bonds is 0. The number of likely N-dealkylation sites (tertiary alicyclic amines) is 1. The van der Waals surface area contributed by atoms with Gasteiger partial charge < -0.3 is 19.1 Å². The molecule has 2 saturated heterocycles. The Morgan fingerprint density at radius 3 is 2.73 bits per heavy atom. The first-order valence-electron chi connectivity index (χ1n) is 8.04. The third-order valence-corrected chi connectivity index (χ3v) is 5.03. The van der Waals surface area contributed by atoms with Crippen LogP contribution in [0.1, 0.15) is 18.0 Å². The number of nitrogens with zero attached hydrogens (tertiary/aromatic N) is 3. The molecule has 6 nitrogen and oxygen atoms in total. The largest absolute Gasteiger partial charge is 0.378 e. The minimum atomic E-state index is 0.0835. The average molecular weight is 303 g/mol. The van der Waals surface area contributed by atoms with Crippen LogP contribution in [0, 0.1) is 5.92 Å². The lowest BCUT2D eigenvalue weighted by molar-refractivity contribution is 0.0353. The van der Waals surface area contributed by atoms with Gasteiger partial charge in [0.15, 0.2) is 0 Å². The molecule has 0 N–H and O–H groups in total. The molecule has 2 amide bonds. The van der Waals surface area contributed by atoms with Crippen molar-refractivity contribution in [2.45, 2.75) is 18.9 Å². The van der Waals surface area contributed by atoms with Gasteiger partial charge in [0, 0.05) is 50.4 Å². The van der Waals surface area contributed by atoms with Gasteiger partial charge >= 0.3 is 6.03 Å². The molecule has 2 bridgehead atoms. The van der Waals surface area contributed by atoms with Crippen LogP contribution < -0.4 is 5.56 Å². The van der Waals surface area contributed by atoms with Crippen LogP contribution in [0.3, 0.4) is 0 Å². The highest BCUT2D eigenvalue weighted by atomic mass is 16.5. The van der Waals surface area contributed by atoms with Crippen molar-refractivity contribution in [1.29, 1.82) is 0 Å². The van der Waals surface area contributed by atoms with Gasteiger partial charge in [-0.2, -0.15) is 0 Å². The maximum atomic E-state index is 12.7. The number of morpholine rings is 1. The van der Waals surface area contributed by atoms with E-state index in [0.717, 1.165) is 31.7 Å². The van der Waals surface area contributed by atoms with Gasteiger partial charge in [-0.05, 0) is 18.4 Å². The second-order valence-electron chi connectivity index (χ2n) is 6.49. The maximum absolute atomic E-state index is 12.7. The third kappa shape index (κ3) is 2.31.